The summed E-state index contributed by atoms with van der Waals surface area (Å²) in [5, 5.41) is -1.79. The molecule has 0 saturated heterocycles. The molecular formula is C48H30O. The highest BCUT2D eigenvalue weighted by Gasteiger charge is 2.17. The Morgan fingerprint density at radius 1 is 0.347 bits per heavy atom. The minimum absolute atomic E-state index is 0.0955. The topological polar surface area (TPSA) is 13.1 Å². The van der Waals surface area contributed by atoms with Gasteiger partial charge in [-0.05, 0) is 113 Å². The van der Waals surface area contributed by atoms with Crippen molar-refractivity contribution in [3.63, 3.8) is 0 Å². The minimum Gasteiger partial charge on any atom is -0.456 e. The second-order valence-corrected chi connectivity index (χ2v) is 11.4. The van der Waals surface area contributed by atoms with Gasteiger partial charge in [0.1, 0.15) is 11.2 Å². The molecule has 0 aliphatic heterocycles. The molecule has 228 valence electrons. The minimum atomic E-state index is -0.868. The molecule has 0 radical (unpaired) electrons. The van der Waals surface area contributed by atoms with E-state index >= 15 is 0 Å². The molecule has 10 rings (SSSR count). The molecule has 0 aliphatic rings. The maximum Gasteiger partial charge on any atom is 0.136 e. The van der Waals surface area contributed by atoms with Crippen molar-refractivity contribution in [1.82, 2.24) is 0 Å². The average molecular weight is 642 g/mol. The summed E-state index contributed by atoms with van der Waals surface area (Å²) in [5.41, 5.74) is 0.751. The summed E-state index contributed by atoms with van der Waals surface area (Å²) in [4.78, 5) is 0. The van der Waals surface area contributed by atoms with Crippen LogP contribution in [0.15, 0.2) is 186 Å². The van der Waals surface area contributed by atoms with Crippen LogP contribution in [0.4, 0.5) is 0 Å². The first-order valence-electron chi connectivity index (χ1n) is 24.8. The molecule has 0 unspecified atom stereocenters. The number of rotatable bonds is 4. The third-order valence-corrected chi connectivity index (χ3v) is 8.62. The molecule has 0 bridgehead atoms. The maximum absolute atomic E-state index is 9.72. The van der Waals surface area contributed by atoms with E-state index in [1.807, 2.05) is 48.5 Å². The van der Waals surface area contributed by atoms with Gasteiger partial charge in [-0.3, -0.25) is 0 Å². The maximum atomic E-state index is 9.72. The zero-order chi connectivity index (χ0) is 48.8. The zero-order valence-electron chi connectivity index (χ0n) is 44.3. The van der Waals surface area contributed by atoms with Crippen molar-refractivity contribution >= 4 is 54.3 Å². The molecule has 0 N–H and O–H groups in total. The van der Waals surface area contributed by atoms with Gasteiger partial charge in [0.2, 0.25) is 0 Å². The summed E-state index contributed by atoms with van der Waals surface area (Å²) in [6.45, 7) is 0. The van der Waals surface area contributed by atoms with Gasteiger partial charge in [-0.1, -0.05) is 145 Å². The van der Waals surface area contributed by atoms with Crippen LogP contribution in [-0.4, -0.2) is 0 Å². The van der Waals surface area contributed by atoms with Crippen molar-refractivity contribution < 1.29 is 30.5 Å². The van der Waals surface area contributed by atoms with E-state index in [1.54, 1.807) is 18.2 Å². The average Bonchev–Trinajstić information content (AvgIpc) is 3.70. The molecular weight excluding hydrogens is 593 g/mol. The van der Waals surface area contributed by atoms with E-state index in [2.05, 4.69) is 0 Å². The summed E-state index contributed by atoms with van der Waals surface area (Å²) in [5.74, 6) is 0. The number of hydrogen-bond donors (Lipinski definition) is 0. The molecule has 1 heteroatoms. The van der Waals surface area contributed by atoms with Crippen molar-refractivity contribution in [2.45, 2.75) is 0 Å². The lowest BCUT2D eigenvalue weighted by atomic mass is 9.85. The van der Waals surface area contributed by atoms with Crippen LogP contribution in [0.2, 0.25) is 0 Å². The SMILES string of the molecule is [2H]c1c([2H])c([2H])c(-c2c3c([2H])c([2H])c([2H])c([2H])c3c(-c3c([2H])c([2H])c4c([2H])c(-c5ccc6oc7cc(-c8ccccc8)ccc7c6c5)c([2H])c([2H])c4c3[2H])c3c([2H])c([2H])c([2H])c([2H])c23)c([2H])c1[2H]. The Kier molecular flexibility index (Phi) is 3.34. The zero-order valence-corrected chi connectivity index (χ0v) is 25.3. The van der Waals surface area contributed by atoms with Gasteiger partial charge >= 0.3 is 0 Å². The number of benzene rings is 9. The third kappa shape index (κ3) is 4.55. The quantitative estimate of drug-likeness (QED) is 0.174. The van der Waals surface area contributed by atoms with E-state index in [0.717, 1.165) is 16.5 Å². The molecule has 1 nitrogen and oxygen atoms in total. The van der Waals surface area contributed by atoms with Gasteiger partial charge < -0.3 is 4.42 Å². The van der Waals surface area contributed by atoms with E-state index < -0.39 is 164 Å². The molecule has 1 aromatic heterocycles. The Morgan fingerprint density at radius 3 is 1.61 bits per heavy atom. The van der Waals surface area contributed by atoms with Gasteiger partial charge in [-0.15, -0.1) is 0 Å². The molecule has 9 aromatic carbocycles. The highest BCUT2D eigenvalue weighted by atomic mass is 16.3. The lowest BCUT2D eigenvalue weighted by molar-refractivity contribution is 0.669. The molecule has 0 amide bonds. The van der Waals surface area contributed by atoms with Crippen LogP contribution in [0, 0.1) is 0 Å². The number of fused-ring (bicyclic) bond motifs is 6. The Labute approximate surface area is 311 Å². The summed E-state index contributed by atoms with van der Waals surface area (Å²) >= 11 is 0. The van der Waals surface area contributed by atoms with Crippen LogP contribution in [0.25, 0.3) is 98.8 Å². The van der Waals surface area contributed by atoms with Crippen molar-refractivity contribution in [1.29, 1.82) is 0 Å². The Bertz CT molecular complexity index is 3850. The monoisotopic (exact) mass is 641 g/mol. The fraction of sp³-hybridized carbons (Fsp3) is 0. The molecule has 49 heavy (non-hydrogen) atoms. The largest absolute Gasteiger partial charge is 0.456 e. The molecule has 0 fully saturated rings. The second kappa shape index (κ2) is 11.1. The lowest BCUT2D eigenvalue weighted by Gasteiger charge is -2.18. The van der Waals surface area contributed by atoms with Gasteiger partial charge in [-0.25, -0.2) is 0 Å². The molecule has 0 aliphatic carbocycles. The smallest absolute Gasteiger partial charge is 0.136 e. The van der Waals surface area contributed by atoms with Crippen LogP contribution in [0.1, 0.15) is 26.0 Å². The summed E-state index contributed by atoms with van der Waals surface area (Å²) in [6.07, 6.45) is 0. The van der Waals surface area contributed by atoms with Crippen LogP contribution >= 0.6 is 0 Å². The van der Waals surface area contributed by atoms with Gasteiger partial charge in [0.05, 0.1) is 26.0 Å². The Morgan fingerprint density at radius 2 is 0.918 bits per heavy atom. The lowest BCUT2D eigenvalue weighted by Crippen LogP contribution is -1.90. The van der Waals surface area contributed by atoms with Crippen molar-refractivity contribution in [3.05, 3.63) is 182 Å². The van der Waals surface area contributed by atoms with E-state index in [-0.39, 0.29) is 10.9 Å². The third-order valence-electron chi connectivity index (χ3n) is 8.62. The first kappa shape index (κ1) is 14.8. The summed E-state index contributed by atoms with van der Waals surface area (Å²) in [6, 6.07) is 5.26. The Balaban J connectivity index is 1.32. The predicted octanol–water partition coefficient (Wildman–Crippen LogP) is 13.7. The van der Waals surface area contributed by atoms with Gasteiger partial charge in [-0.2, -0.15) is 0 Å². The van der Waals surface area contributed by atoms with Crippen molar-refractivity contribution in [3.8, 4) is 44.5 Å². The van der Waals surface area contributed by atoms with Crippen LogP contribution < -0.4 is 0 Å². The summed E-state index contributed by atoms with van der Waals surface area (Å²) in [7, 11) is 0. The molecule has 0 saturated carbocycles. The fourth-order valence-corrected chi connectivity index (χ4v) is 6.39. The highest BCUT2D eigenvalue weighted by Crippen LogP contribution is 2.44. The molecule has 0 spiro atoms. The standard InChI is InChI=1S/C48H30O/c1-3-11-31(12-4-1)37-23-25-39-44-29-36(24-26-45(44)49-46(39)30-37)34-19-20-35-28-38(22-21-33(35)27-34)48-42-17-9-7-15-40(42)47(32-13-5-2-6-14-32)41-16-8-10-18-43(41)48/h1-30H/i2D,5D,6D,7D,8D,9D,10D,13D,14D,15D,16D,17D,18D,19D,20D,21D,22D,27D,28D. The Hall–Kier alpha value is -6.44. The van der Waals surface area contributed by atoms with Gasteiger partial charge in [0.15, 0.2) is 0 Å². The molecule has 0 atom stereocenters. The highest BCUT2D eigenvalue weighted by molar-refractivity contribution is 6.21. The first-order chi connectivity index (χ1) is 32.2. The van der Waals surface area contributed by atoms with Crippen LogP contribution in [0.3, 0.4) is 0 Å². The van der Waals surface area contributed by atoms with E-state index in [1.165, 1.54) is 0 Å². The number of hydrogen-bond acceptors (Lipinski definition) is 1. The van der Waals surface area contributed by atoms with Crippen molar-refractivity contribution in [2.24, 2.45) is 0 Å². The van der Waals surface area contributed by atoms with E-state index in [9.17, 15) is 13.7 Å². The summed E-state index contributed by atoms with van der Waals surface area (Å²) < 4.78 is 178. The van der Waals surface area contributed by atoms with E-state index in [4.69, 9.17) is 16.8 Å². The molecule has 10 aromatic rings. The van der Waals surface area contributed by atoms with Gasteiger partial charge in [0.25, 0.3) is 0 Å². The predicted molar refractivity (Wildman–Crippen MR) is 208 cm³/mol. The first-order valence-corrected chi connectivity index (χ1v) is 15.3. The normalized spacial score (nSPS) is 17.1. The van der Waals surface area contributed by atoms with Gasteiger partial charge in [0, 0.05) is 10.8 Å². The molecule has 1 heterocycles. The van der Waals surface area contributed by atoms with Crippen LogP contribution in [-0.2, 0) is 0 Å². The number of furan rings is 1. The van der Waals surface area contributed by atoms with E-state index in [0.29, 0.717) is 22.1 Å². The second-order valence-electron chi connectivity index (χ2n) is 11.4. The van der Waals surface area contributed by atoms with Crippen molar-refractivity contribution in [2.75, 3.05) is 0 Å². The fourth-order valence-electron chi connectivity index (χ4n) is 6.39. The van der Waals surface area contributed by atoms with Crippen LogP contribution in [0.5, 0.6) is 0 Å².